The Hall–Kier alpha value is -3.06. The van der Waals surface area contributed by atoms with Crippen LogP contribution in [0.2, 0.25) is 0 Å². The molecule has 2 fully saturated rings. The van der Waals surface area contributed by atoms with E-state index >= 15 is 0 Å². The van der Waals surface area contributed by atoms with Crippen LogP contribution < -0.4 is 0 Å². The number of aliphatic hydroxyl groups is 1. The Kier molecular flexibility index (Phi) is 14.9. The fourth-order valence-corrected chi connectivity index (χ4v) is 5.85. The van der Waals surface area contributed by atoms with Crippen molar-refractivity contribution in [3.8, 4) is 0 Å². The third kappa shape index (κ3) is 12.6. The van der Waals surface area contributed by atoms with Crippen LogP contribution in [0, 0.1) is 11.8 Å². The summed E-state index contributed by atoms with van der Waals surface area (Å²) in [6.45, 7) is 6.02. The first-order valence-electron chi connectivity index (χ1n) is 16.4. The summed E-state index contributed by atoms with van der Waals surface area (Å²) in [5, 5.41) is 9.44. The van der Waals surface area contributed by atoms with Crippen LogP contribution in [0.5, 0.6) is 0 Å². The van der Waals surface area contributed by atoms with Crippen LogP contribution in [0.15, 0.2) is 36.0 Å². The molecule has 0 unspecified atom stereocenters. The smallest absolute Gasteiger partial charge is 0.410 e. The number of aliphatic hydroxyl groups excluding tert-OH is 1. The average molecular weight is 658 g/mol. The van der Waals surface area contributed by atoms with E-state index in [9.17, 15) is 32.7 Å². The molecule has 3 aliphatic rings. The fourth-order valence-electron chi connectivity index (χ4n) is 5.85. The van der Waals surface area contributed by atoms with Crippen LogP contribution in [0.1, 0.15) is 65.7 Å². The Morgan fingerprint density at radius 1 is 1.07 bits per heavy atom. The quantitative estimate of drug-likeness (QED) is 0.159. The van der Waals surface area contributed by atoms with Crippen LogP contribution in [0.25, 0.3) is 0 Å². The number of rotatable bonds is 8. The molecule has 1 N–H and O–H groups in total. The van der Waals surface area contributed by atoms with Crippen molar-refractivity contribution in [1.82, 2.24) is 14.7 Å². The zero-order valence-electron chi connectivity index (χ0n) is 27.3. The van der Waals surface area contributed by atoms with E-state index in [0.29, 0.717) is 19.4 Å². The minimum absolute atomic E-state index is 0.0672. The van der Waals surface area contributed by atoms with Crippen LogP contribution in [-0.2, 0) is 19.0 Å². The molecule has 10 nitrogen and oxygen atoms in total. The first-order valence-corrected chi connectivity index (χ1v) is 16.4. The third-order valence-electron chi connectivity index (χ3n) is 8.56. The van der Waals surface area contributed by atoms with E-state index in [1.807, 2.05) is 51.2 Å². The third-order valence-corrected chi connectivity index (χ3v) is 8.56. The molecule has 3 aliphatic heterocycles. The molecule has 2 amide bonds. The molecule has 3 heterocycles. The zero-order valence-corrected chi connectivity index (χ0v) is 27.3. The van der Waals surface area contributed by atoms with Gasteiger partial charge in [-0.05, 0) is 50.7 Å². The van der Waals surface area contributed by atoms with Gasteiger partial charge in [-0.2, -0.15) is 13.2 Å². The number of carbonyl (C=O) groups is 3. The normalized spacial score (nSPS) is 27.5. The second kappa shape index (κ2) is 18.3. The number of alkyl halides is 3. The molecule has 0 aromatic heterocycles. The summed E-state index contributed by atoms with van der Waals surface area (Å²) in [5.74, 6) is -0.584. The summed E-state index contributed by atoms with van der Waals surface area (Å²) in [6.07, 6.45) is 7.60. The Morgan fingerprint density at radius 3 is 2.50 bits per heavy atom. The lowest BCUT2D eigenvalue weighted by Gasteiger charge is -2.35. The number of piperazine rings is 1. The molecule has 0 radical (unpaired) electrons. The lowest BCUT2D eigenvalue weighted by molar-refractivity contribution is -0.149. The SMILES string of the molecule is C/C(=C\C=C\[C@@H](C)COC(=O)N1CCC[C@@H]1CO)[C@H]1OC(=O)CCCCC[C@H](OC(=O)N2CCN(CC(F)(F)F)CC2)/C=C/[C@@H]1C. The van der Waals surface area contributed by atoms with E-state index < -0.39 is 37.1 Å². The number of esters is 1. The lowest BCUT2D eigenvalue weighted by Crippen LogP contribution is -2.51. The van der Waals surface area contributed by atoms with Gasteiger partial charge in [0.05, 0.1) is 25.8 Å². The standard InChI is InChI=1S/C33H50F3N3O7/c1-24(22-44-32(43)39-16-8-11-27(39)21-40)9-7-10-25(2)30-26(3)14-15-28(12-5-4-6-13-29(41)46-30)45-31(42)38-19-17-37(18-20-38)23-33(34,35)36/h7,9-10,14-15,24,26-28,30,40H,4-6,8,11-13,16-23H2,1-3H3/b9-7+,15-14+,25-10+/t24-,26+,27-,28+,30-/m1/s1. The number of likely N-dealkylation sites (tertiary alicyclic amines) is 1. The number of hydrogen-bond acceptors (Lipinski definition) is 8. The average Bonchev–Trinajstić information content (AvgIpc) is 3.49. The molecular weight excluding hydrogens is 607 g/mol. The number of ether oxygens (including phenoxy) is 3. The van der Waals surface area contributed by atoms with Crippen LogP contribution in [-0.4, -0.2) is 115 Å². The molecule has 3 rings (SSSR count). The van der Waals surface area contributed by atoms with Crippen LogP contribution in [0.3, 0.4) is 0 Å². The molecule has 0 saturated carbocycles. The lowest BCUT2D eigenvalue weighted by atomic mass is 9.95. The number of hydrogen-bond donors (Lipinski definition) is 1. The van der Waals surface area contributed by atoms with Crippen molar-refractivity contribution in [1.29, 1.82) is 0 Å². The summed E-state index contributed by atoms with van der Waals surface area (Å²) in [4.78, 5) is 42.2. The fraction of sp³-hybridized carbons (Fsp3) is 0.727. The molecule has 0 aromatic rings. The van der Waals surface area contributed by atoms with Crippen LogP contribution in [0.4, 0.5) is 22.8 Å². The van der Waals surface area contributed by atoms with Gasteiger partial charge in [-0.3, -0.25) is 9.69 Å². The molecule has 0 aliphatic carbocycles. The summed E-state index contributed by atoms with van der Waals surface area (Å²) in [6, 6.07) is -0.188. The molecule has 5 atom stereocenters. The first-order chi connectivity index (χ1) is 21.9. The number of halogens is 3. The summed E-state index contributed by atoms with van der Waals surface area (Å²) in [5.41, 5.74) is 0.816. The Bertz CT molecular complexity index is 1090. The summed E-state index contributed by atoms with van der Waals surface area (Å²) < 4.78 is 55.3. The zero-order chi connectivity index (χ0) is 33.7. The van der Waals surface area contributed by atoms with E-state index in [0.717, 1.165) is 31.3 Å². The van der Waals surface area contributed by atoms with E-state index in [4.69, 9.17) is 14.2 Å². The van der Waals surface area contributed by atoms with Gasteiger partial charge in [0.25, 0.3) is 0 Å². The predicted molar refractivity (Wildman–Crippen MR) is 166 cm³/mol. The highest BCUT2D eigenvalue weighted by atomic mass is 19.4. The van der Waals surface area contributed by atoms with Gasteiger partial charge in [-0.1, -0.05) is 44.6 Å². The minimum Gasteiger partial charge on any atom is -0.457 e. The van der Waals surface area contributed by atoms with Crippen molar-refractivity contribution in [3.63, 3.8) is 0 Å². The second-order valence-corrected chi connectivity index (χ2v) is 12.6. The highest BCUT2D eigenvalue weighted by Gasteiger charge is 2.34. The molecular formula is C33H50F3N3O7. The van der Waals surface area contributed by atoms with Gasteiger partial charge in [0.15, 0.2) is 0 Å². The van der Waals surface area contributed by atoms with E-state index in [-0.39, 0.29) is 69.7 Å². The van der Waals surface area contributed by atoms with Crippen molar-refractivity contribution in [2.24, 2.45) is 11.8 Å². The maximum atomic E-state index is 12.9. The predicted octanol–water partition coefficient (Wildman–Crippen LogP) is 5.47. The summed E-state index contributed by atoms with van der Waals surface area (Å²) >= 11 is 0. The largest absolute Gasteiger partial charge is 0.457 e. The van der Waals surface area contributed by atoms with Crippen LogP contribution >= 0.6 is 0 Å². The second-order valence-electron chi connectivity index (χ2n) is 12.6. The van der Waals surface area contributed by atoms with E-state index in [1.54, 1.807) is 4.90 Å². The number of nitrogens with zero attached hydrogens (tertiary/aromatic N) is 3. The number of allylic oxidation sites excluding steroid dienone is 2. The molecule has 0 aromatic carbocycles. The highest BCUT2D eigenvalue weighted by molar-refractivity contribution is 5.70. The molecule has 260 valence electrons. The minimum atomic E-state index is -4.28. The maximum absolute atomic E-state index is 12.9. The Morgan fingerprint density at radius 2 is 1.80 bits per heavy atom. The van der Waals surface area contributed by atoms with E-state index in [2.05, 4.69) is 0 Å². The van der Waals surface area contributed by atoms with Gasteiger partial charge in [-0.25, -0.2) is 9.59 Å². The molecule has 0 spiro atoms. The van der Waals surface area contributed by atoms with Crippen molar-refractivity contribution in [2.75, 3.05) is 52.5 Å². The maximum Gasteiger partial charge on any atom is 0.410 e. The number of carbonyl (C=O) groups excluding carboxylic acids is 3. The van der Waals surface area contributed by atoms with Crippen molar-refractivity contribution < 1.29 is 46.9 Å². The topological polar surface area (TPSA) is 109 Å². The van der Waals surface area contributed by atoms with Gasteiger partial charge < -0.3 is 29.1 Å². The highest BCUT2D eigenvalue weighted by Crippen LogP contribution is 2.23. The van der Waals surface area contributed by atoms with Crippen molar-refractivity contribution >= 4 is 18.2 Å². The summed E-state index contributed by atoms with van der Waals surface area (Å²) in [7, 11) is 0. The van der Waals surface area contributed by atoms with Gasteiger partial charge in [0.2, 0.25) is 0 Å². The number of cyclic esters (lactones) is 1. The Balaban J connectivity index is 1.57. The molecule has 0 bridgehead atoms. The molecule has 46 heavy (non-hydrogen) atoms. The Labute approximate surface area is 270 Å². The monoisotopic (exact) mass is 657 g/mol. The number of amides is 2. The van der Waals surface area contributed by atoms with Gasteiger partial charge in [-0.15, -0.1) is 0 Å². The molecule has 13 heteroatoms. The van der Waals surface area contributed by atoms with Gasteiger partial charge in [0.1, 0.15) is 12.2 Å². The van der Waals surface area contributed by atoms with Crippen molar-refractivity contribution in [3.05, 3.63) is 36.0 Å². The molecule has 2 saturated heterocycles. The van der Waals surface area contributed by atoms with Crippen molar-refractivity contribution in [2.45, 2.75) is 90.1 Å². The van der Waals surface area contributed by atoms with E-state index in [1.165, 1.54) is 9.80 Å². The van der Waals surface area contributed by atoms with Gasteiger partial charge in [0, 0.05) is 51.0 Å². The van der Waals surface area contributed by atoms with Gasteiger partial charge >= 0.3 is 24.3 Å². The first kappa shape index (κ1) is 37.4.